The van der Waals surface area contributed by atoms with Gasteiger partial charge in [-0.1, -0.05) is 19.9 Å². The lowest BCUT2D eigenvalue weighted by Gasteiger charge is -2.13. The number of carbonyl (C=O) groups is 1. The number of hydrogen-bond acceptors (Lipinski definition) is 3. The van der Waals surface area contributed by atoms with Crippen LogP contribution in [0.5, 0.6) is 0 Å². The number of carboxylic acid groups (broad SMARTS) is 1. The van der Waals surface area contributed by atoms with Crippen LogP contribution in [0.4, 0.5) is 0 Å². The van der Waals surface area contributed by atoms with Crippen molar-refractivity contribution in [1.29, 1.82) is 0 Å². The minimum absolute atomic E-state index is 0.0525. The molecule has 0 spiro atoms. The predicted octanol–water partition coefficient (Wildman–Crippen LogP) is 3.42. The zero-order chi connectivity index (χ0) is 13.0. The second kappa shape index (κ2) is 6.42. The fraction of sp³-hybridized carbons (Fsp3) is 0.417. The van der Waals surface area contributed by atoms with Gasteiger partial charge in [-0.25, -0.2) is 0 Å². The summed E-state index contributed by atoms with van der Waals surface area (Å²) in [5.41, 5.74) is 6.65. The van der Waals surface area contributed by atoms with Crippen molar-refractivity contribution in [3.8, 4) is 0 Å². The second-order valence-electron chi connectivity index (χ2n) is 4.06. The standard InChI is InChI=1S/C12H16BrNO2S/c1-7(2)17-11-4-3-8(5-9(11)13)10(14)6-12(15)16/h3-5,7,10H,6,14H2,1-2H3,(H,15,16). The topological polar surface area (TPSA) is 63.3 Å². The summed E-state index contributed by atoms with van der Waals surface area (Å²) in [6, 6.07) is 5.31. The minimum Gasteiger partial charge on any atom is -0.481 e. The van der Waals surface area contributed by atoms with Crippen molar-refractivity contribution in [3.05, 3.63) is 28.2 Å². The summed E-state index contributed by atoms with van der Waals surface area (Å²) in [5.74, 6) is -0.880. The molecule has 5 heteroatoms. The molecule has 17 heavy (non-hydrogen) atoms. The lowest BCUT2D eigenvalue weighted by molar-refractivity contribution is -0.137. The van der Waals surface area contributed by atoms with Crippen LogP contribution in [-0.4, -0.2) is 16.3 Å². The van der Waals surface area contributed by atoms with E-state index in [4.69, 9.17) is 10.8 Å². The van der Waals surface area contributed by atoms with E-state index < -0.39 is 12.0 Å². The van der Waals surface area contributed by atoms with E-state index in [1.807, 2.05) is 18.2 Å². The second-order valence-corrected chi connectivity index (χ2v) is 6.53. The molecule has 0 saturated heterocycles. The summed E-state index contributed by atoms with van der Waals surface area (Å²) in [6.07, 6.45) is -0.0525. The number of benzene rings is 1. The van der Waals surface area contributed by atoms with Gasteiger partial charge in [-0.05, 0) is 33.6 Å². The number of aliphatic carboxylic acids is 1. The van der Waals surface area contributed by atoms with E-state index in [0.717, 1.165) is 14.9 Å². The van der Waals surface area contributed by atoms with Crippen LogP contribution in [0.15, 0.2) is 27.6 Å². The van der Waals surface area contributed by atoms with Gasteiger partial charge in [0.15, 0.2) is 0 Å². The van der Waals surface area contributed by atoms with Gasteiger partial charge in [0.25, 0.3) is 0 Å². The number of thioether (sulfide) groups is 1. The quantitative estimate of drug-likeness (QED) is 0.817. The van der Waals surface area contributed by atoms with E-state index in [2.05, 4.69) is 29.8 Å². The largest absolute Gasteiger partial charge is 0.481 e. The number of carboxylic acids is 1. The van der Waals surface area contributed by atoms with E-state index in [1.165, 1.54) is 0 Å². The van der Waals surface area contributed by atoms with Gasteiger partial charge in [0.1, 0.15) is 0 Å². The Morgan fingerprint density at radius 1 is 1.53 bits per heavy atom. The third-order valence-electron chi connectivity index (χ3n) is 2.14. The van der Waals surface area contributed by atoms with Crippen molar-refractivity contribution < 1.29 is 9.90 Å². The zero-order valence-corrected chi connectivity index (χ0v) is 12.2. The average molecular weight is 318 g/mol. The molecule has 1 aromatic rings. The SMILES string of the molecule is CC(C)Sc1ccc(C(N)CC(=O)O)cc1Br. The maximum absolute atomic E-state index is 10.6. The molecular formula is C12H16BrNO2S. The molecule has 1 aromatic carbocycles. The van der Waals surface area contributed by atoms with E-state index in [-0.39, 0.29) is 6.42 Å². The van der Waals surface area contributed by atoms with Crippen LogP contribution in [0.25, 0.3) is 0 Å². The summed E-state index contributed by atoms with van der Waals surface area (Å²) < 4.78 is 0.967. The molecule has 0 amide bonds. The summed E-state index contributed by atoms with van der Waals surface area (Å²) in [6.45, 7) is 4.25. The van der Waals surface area contributed by atoms with Crippen molar-refractivity contribution in [2.24, 2.45) is 5.73 Å². The Bertz CT molecular complexity index is 409. The molecule has 0 aliphatic carbocycles. The molecule has 0 aliphatic heterocycles. The van der Waals surface area contributed by atoms with E-state index >= 15 is 0 Å². The monoisotopic (exact) mass is 317 g/mol. The highest BCUT2D eigenvalue weighted by Gasteiger charge is 2.12. The Labute approximate surface area is 114 Å². The fourth-order valence-electron chi connectivity index (χ4n) is 1.40. The summed E-state index contributed by atoms with van der Waals surface area (Å²) in [4.78, 5) is 11.7. The molecule has 1 atom stereocenters. The lowest BCUT2D eigenvalue weighted by Crippen LogP contribution is -2.14. The van der Waals surface area contributed by atoms with Gasteiger partial charge in [-0.15, -0.1) is 11.8 Å². The third kappa shape index (κ3) is 4.69. The number of rotatable bonds is 5. The van der Waals surface area contributed by atoms with Crippen LogP contribution < -0.4 is 5.73 Å². The van der Waals surface area contributed by atoms with E-state index in [9.17, 15) is 4.79 Å². The first kappa shape index (κ1) is 14.5. The molecule has 3 N–H and O–H groups in total. The summed E-state index contributed by atoms with van der Waals surface area (Å²) in [5, 5.41) is 9.20. The van der Waals surface area contributed by atoms with Crippen molar-refractivity contribution in [2.45, 2.75) is 36.5 Å². The van der Waals surface area contributed by atoms with Gasteiger partial charge in [-0.3, -0.25) is 4.79 Å². The Kier molecular flexibility index (Phi) is 5.49. The molecule has 0 saturated carbocycles. The van der Waals surface area contributed by atoms with Crippen LogP contribution in [0.3, 0.4) is 0 Å². The Morgan fingerprint density at radius 2 is 2.18 bits per heavy atom. The molecule has 3 nitrogen and oxygen atoms in total. The molecule has 0 heterocycles. The Balaban J connectivity index is 2.84. The van der Waals surface area contributed by atoms with Crippen LogP contribution >= 0.6 is 27.7 Å². The molecule has 0 bridgehead atoms. The maximum atomic E-state index is 10.6. The number of halogens is 1. The van der Waals surface area contributed by atoms with Crippen LogP contribution in [-0.2, 0) is 4.79 Å². The van der Waals surface area contributed by atoms with Gasteiger partial charge < -0.3 is 10.8 Å². The Morgan fingerprint density at radius 3 is 2.65 bits per heavy atom. The van der Waals surface area contributed by atoms with Crippen LogP contribution in [0.2, 0.25) is 0 Å². The molecule has 1 rings (SSSR count). The molecule has 94 valence electrons. The first-order valence-electron chi connectivity index (χ1n) is 5.33. The molecule has 0 aliphatic rings. The van der Waals surface area contributed by atoms with Gasteiger partial charge in [0.2, 0.25) is 0 Å². The normalized spacial score (nSPS) is 12.8. The molecule has 1 unspecified atom stereocenters. The van der Waals surface area contributed by atoms with Crippen LogP contribution in [0, 0.1) is 0 Å². The number of nitrogens with two attached hydrogens (primary N) is 1. The first-order valence-corrected chi connectivity index (χ1v) is 7.01. The highest BCUT2D eigenvalue weighted by atomic mass is 79.9. The van der Waals surface area contributed by atoms with Gasteiger partial charge in [0.05, 0.1) is 6.42 Å². The molecular weight excluding hydrogens is 302 g/mol. The lowest BCUT2D eigenvalue weighted by atomic mass is 10.1. The van der Waals surface area contributed by atoms with Crippen molar-refractivity contribution in [1.82, 2.24) is 0 Å². The Hall–Kier alpha value is -0.520. The van der Waals surface area contributed by atoms with Crippen molar-refractivity contribution in [2.75, 3.05) is 0 Å². The van der Waals surface area contributed by atoms with Crippen LogP contribution in [0.1, 0.15) is 31.9 Å². The maximum Gasteiger partial charge on any atom is 0.305 e. The first-order chi connectivity index (χ1) is 7.90. The smallest absolute Gasteiger partial charge is 0.305 e. The van der Waals surface area contributed by atoms with Gasteiger partial charge in [0, 0.05) is 20.7 Å². The minimum atomic E-state index is -0.880. The van der Waals surface area contributed by atoms with Gasteiger partial charge in [-0.2, -0.15) is 0 Å². The summed E-state index contributed by atoms with van der Waals surface area (Å²) >= 11 is 5.24. The van der Waals surface area contributed by atoms with E-state index in [1.54, 1.807) is 11.8 Å². The highest BCUT2D eigenvalue weighted by molar-refractivity contribution is 9.10. The third-order valence-corrected chi connectivity index (χ3v) is 4.14. The summed E-state index contributed by atoms with van der Waals surface area (Å²) in [7, 11) is 0. The highest BCUT2D eigenvalue weighted by Crippen LogP contribution is 2.32. The average Bonchev–Trinajstić information content (AvgIpc) is 2.19. The van der Waals surface area contributed by atoms with Gasteiger partial charge >= 0.3 is 5.97 Å². The van der Waals surface area contributed by atoms with Crippen molar-refractivity contribution in [3.63, 3.8) is 0 Å². The van der Waals surface area contributed by atoms with Crippen molar-refractivity contribution >= 4 is 33.7 Å². The molecule has 0 fully saturated rings. The molecule has 0 radical (unpaired) electrons. The predicted molar refractivity (Wildman–Crippen MR) is 74.3 cm³/mol. The van der Waals surface area contributed by atoms with E-state index in [0.29, 0.717) is 5.25 Å². The zero-order valence-electron chi connectivity index (χ0n) is 9.81. The fourth-order valence-corrected chi connectivity index (χ4v) is 2.91. The number of hydrogen-bond donors (Lipinski definition) is 2. The molecule has 0 aromatic heterocycles.